The van der Waals surface area contributed by atoms with E-state index in [2.05, 4.69) is 19.1 Å². The van der Waals surface area contributed by atoms with Crippen LogP contribution >= 0.6 is 0 Å². The summed E-state index contributed by atoms with van der Waals surface area (Å²) in [4.78, 5) is 11.1. The lowest BCUT2D eigenvalue weighted by atomic mass is 10.1. The number of ether oxygens (including phenoxy) is 1. The van der Waals surface area contributed by atoms with Crippen LogP contribution in [0.15, 0.2) is 42.5 Å². The van der Waals surface area contributed by atoms with Crippen molar-refractivity contribution in [3.8, 4) is 11.5 Å². The molecule has 0 bridgehead atoms. The summed E-state index contributed by atoms with van der Waals surface area (Å²) in [6.45, 7) is 4.15. The number of rotatable bonds is 6. The summed E-state index contributed by atoms with van der Waals surface area (Å²) in [7, 11) is 0. The second kappa shape index (κ2) is 6.90. The van der Waals surface area contributed by atoms with Crippen LogP contribution in [-0.2, 0) is 6.42 Å². The van der Waals surface area contributed by atoms with E-state index < -0.39 is 0 Å². The summed E-state index contributed by atoms with van der Waals surface area (Å²) >= 11 is 0. The number of hydrogen-bond donors (Lipinski definition) is 0. The molecule has 0 spiro atoms. The molecule has 104 valence electrons. The molecule has 2 rings (SSSR count). The minimum Gasteiger partial charge on any atom is -0.457 e. The van der Waals surface area contributed by atoms with Gasteiger partial charge < -0.3 is 4.74 Å². The van der Waals surface area contributed by atoms with Gasteiger partial charge >= 0.3 is 0 Å². The third kappa shape index (κ3) is 3.70. The minimum absolute atomic E-state index is 0.583. The van der Waals surface area contributed by atoms with Gasteiger partial charge in [-0.25, -0.2) is 0 Å². The lowest BCUT2D eigenvalue weighted by molar-refractivity contribution is 0.112. The fraction of sp³-hybridized carbons (Fsp3) is 0.278. The summed E-state index contributed by atoms with van der Waals surface area (Å²) < 4.78 is 5.78. The predicted molar refractivity (Wildman–Crippen MR) is 81.7 cm³/mol. The van der Waals surface area contributed by atoms with Gasteiger partial charge in [0.05, 0.1) is 5.56 Å². The Kier molecular flexibility index (Phi) is 4.94. The molecule has 0 heterocycles. The van der Waals surface area contributed by atoms with Crippen LogP contribution in [-0.4, -0.2) is 6.29 Å². The number of unbranched alkanes of at least 4 members (excludes halogenated alkanes) is 1. The molecule has 2 heteroatoms. The van der Waals surface area contributed by atoms with Crippen LogP contribution in [0.1, 0.15) is 41.3 Å². The molecule has 0 saturated heterocycles. The van der Waals surface area contributed by atoms with Crippen LogP contribution in [0.4, 0.5) is 0 Å². The Morgan fingerprint density at radius 3 is 2.50 bits per heavy atom. The van der Waals surface area contributed by atoms with E-state index in [0.29, 0.717) is 11.3 Å². The quantitative estimate of drug-likeness (QED) is 0.693. The molecule has 0 N–H and O–H groups in total. The Balaban J connectivity index is 2.12. The number of aryl methyl sites for hydroxylation is 2. The standard InChI is InChI=1S/C18H20O2/c1-3-4-5-15-7-9-17(10-8-15)20-18-11-6-14(2)12-16(18)13-19/h6-13H,3-5H2,1-2H3. The summed E-state index contributed by atoms with van der Waals surface area (Å²) in [6, 6.07) is 13.7. The third-order valence-electron chi connectivity index (χ3n) is 3.26. The highest BCUT2D eigenvalue weighted by Gasteiger charge is 2.04. The van der Waals surface area contributed by atoms with Gasteiger partial charge in [-0.15, -0.1) is 0 Å². The maximum Gasteiger partial charge on any atom is 0.153 e. The average molecular weight is 268 g/mol. The van der Waals surface area contributed by atoms with Crippen LogP contribution in [0.2, 0.25) is 0 Å². The average Bonchev–Trinajstić information content (AvgIpc) is 2.48. The SMILES string of the molecule is CCCCc1ccc(Oc2ccc(C)cc2C=O)cc1. The van der Waals surface area contributed by atoms with Crippen molar-refractivity contribution in [1.82, 2.24) is 0 Å². The van der Waals surface area contributed by atoms with Gasteiger partial charge in [0.25, 0.3) is 0 Å². The lowest BCUT2D eigenvalue weighted by Crippen LogP contribution is -1.92. The van der Waals surface area contributed by atoms with Gasteiger partial charge in [0.1, 0.15) is 11.5 Å². The normalized spacial score (nSPS) is 10.3. The van der Waals surface area contributed by atoms with Gasteiger partial charge in [-0.1, -0.05) is 37.1 Å². The van der Waals surface area contributed by atoms with Gasteiger partial charge in [0.2, 0.25) is 0 Å². The van der Waals surface area contributed by atoms with Gasteiger partial charge in [-0.3, -0.25) is 4.79 Å². The van der Waals surface area contributed by atoms with Crippen LogP contribution < -0.4 is 4.74 Å². The summed E-state index contributed by atoms with van der Waals surface area (Å²) in [6.07, 6.45) is 4.33. The fourth-order valence-corrected chi connectivity index (χ4v) is 2.08. The molecule has 0 aliphatic heterocycles. The highest BCUT2D eigenvalue weighted by Crippen LogP contribution is 2.25. The number of carbonyl (C=O) groups is 1. The largest absolute Gasteiger partial charge is 0.457 e. The predicted octanol–water partition coefficient (Wildman–Crippen LogP) is 4.94. The molecular weight excluding hydrogens is 248 g/mol. The van der Waals surface area contributed by atoms with Gasteiger partial charge in [-0.2, -0.15) is 0 Å². The number of carbonyl (C=O) groups excluding carboxylic acids is 1. The van der Waals surface area contributed by atoms with E-state index in [1.54, 1.807) is 0 Å². The molecule has 0 atom stereocenters. The number of aldehydes is 1. The highest BCUT2D eigenvalue weighted by molar-refractivity contribution is 5.79. The van der Waals surface area contributed by atoms with Crippen molar-refractivity contribution in [3.05, 3.63) is 59.2 Å². The third-order valence-corrected chi connectivity index (χ3v) is 3.26. The van der Waals surface area contributed by atoms with Crippen molar-refractivity contribution in [2.75, 3.05) is 0 Å². The van der Waals surface area contributed by atoms with Crippen molar-refractivity contribution < 1.29 is 9.53 Å². The van der Waals surface area contributed by atoms with Crippen LogP contribution in [0.3, 0.4) is 0 Å². The Bertz CT molecular complexity index is 570. The second-order valence-corrected chi connectivity index (χ2v) is 5.01. The van der Waals surface area contributed by atoms with E-state index in [4.69, 9.17) is 4.74 Å². The number of hydrogen-bond acceptors (Lipinski definition) is 2. The molecule has 0 saturated carbocycles. The van der Waals surface area contributed by atoms with Crippen LogP contribution in [0, 0.1) is 6.92 Å². The van der Waals surface area contributed by atoms with Gasteiger partial charge in [0, 0.05) is 0 Å². The molecule has 0 aliphatic carbocycles. The maximum absolute atomic E-state index is 11.1. The molecular formula is C18H20O2. The van der Waals surface area contributed by atoms with Crippen molar-refractivity contribution in [2.45, 2.75) is 33.1 Å². The minimum atomic E-state index is 0.583. The topological polar surface area (TPSA) is 26.3 Å². The fourth-order valence-electron chi connectivity index (χ4n) is 2.08. The Hall–Kier alpha value is -2.09. The molecule has 20 heavy (non-hydrogen) atoms. The zero-order valence-corrected chi connectivity index (χ0v) is 12.1. The van der Waals surface area contributed by atoms with Crippen LogP contribution in [0.25, 0.3) is 0 Å². The molecule has 0 aliphatic rings. The van der Waals surface area contributed by atoms with Gasteiger partial charge in [-0.05, 0) is 49.6 Å². The first-order chi connectivity index (χ1) is 9.72. The van der Waals surface area contributed by atoms with Crippen LogP contribution in [0.5, 0.6) is 11.5 Å². The molecule has 0 unspecified atom stereocenters. The zero-order chi connectivity index (χ0) is 14.4. The van der Waals surface area contributed by atoms with Crippen molar-refractivity contribution in [2.24, 2.45) is 0 Å². The maximum atomic E-state index is 11.1. The molecule has 2 nitrogen and oxygen atoms in total. The molecule has 0 amide bonds. The lowest BCUT2D eigenvalue weighted by Gasteiger charge is -2.09. The molecule has 2 aromatic rings. The molecule has 2 aromatic carbocycles. The summed E-state index contributed by atoms with van der Waals surface area (Å²) in [5, 5.41) is 0. The Morgan fingerprint density at radius 1 is 1.10 bits per heavy atom. The smallest absolute Gasteiger partial charge is 0.153 e. The highest BCUT2D eigenvalue weighted by atomic mass is 16.5. The van der Waals surface area contributed by atoms with Crippen molar-refractivity contribution in [1.29, 1.82) is 0 Å². The van der Waals surface area contributed by atoms with E-state index in [1.165, 1.54) is 18.4 Å². The van der Waals surface area contributed by atoms with Gasteiger partial charge in [0.15, 0.2) is 6.29 Å². The van der Waals surface area contributed by atoms with Crippen molar-refractivity contribution >= 4 is 6.29 Å². The first kappa shape index (κ1) is 14.3. The second-order valence-electron chi connectivity index (χ2n) is 5.01. The van der Waals surface area contributed by atoms with Crippen molar-refractivity contribution in [3.63, 3.8) is 0 Å². The van der Waals surface area contributed by atoms with E-state index in [1.807, 2.05) is 37.3 Å². The molecule has 0 aromatic heterocycles. The molecule has 0 fully saturated rings. The monoisotopic (exact) mass is 268 g/mol. The first-order valence-electron chi connectivity index (χ1n) is 7.05. The summed E-state index contributed by atoms with van der Waals surface area (Å²) in [5.41, 5.74) is 2.95. The molecule has 0 radical (unpaired) electrons. The van der Waals surface area contributed by atoms with E-state index >= 15 is 0 Å². The number of benzene rings is 2. The zero-order valence-electron chi connectivity index (χ0n) is 12.1. The van der Waals surface area contributed by atoms with E-state index in [0.717, 1.165) is 24.0 Å². The summed E-state index contributed by atoms with van der Waals surface area (Å²) in [5.74, 6) is 1.36. The Morgan fingerprint density at radius 2 is 1.85 bits per heavy atom. The van der Waals surface area contributed by atoms with E-state index in [9.17, 15) is 4.79 Å². The van der Waals surface area contributed by atoms with E-state index in [-0.39, 0.29) is 0 Å². The first-order valence-corrected chi connectivity index (χ1v) is 7.05. The Labute approximate surface area is 120 Å².